The molecule has 1 N–H and O–H groups in total. The second kappa shape index (κ2) is 6.60. The number of nitrogens with zero attached hydrogens (tertiary/aromatic N) is 2. The molecule has 28 heavy (non-hydrogen) atoms. The molecule has 4 aromatic rings. The van der Waals surface area contributed by atoms with E-state index < -0.39 is 0 Å². The van der Waals surface area contributed by atoms with Gasteiger partial charge in [0.15, 0.2) is 0 Å². The van der Waals surface area contributed by atoms with Gasteiger partial charge in [-0.2, -0.15) is 0 Å². The number of aromatic nitrogens is 2. The molecule has 1 aliphatic rings. The standard InChI is InChI=1S/C22H20ClN3O2/c1-28-21-4-2-3-20-15(21)7-9-25(20)13-22(27)26-10-8-19-17(12-26)16-11-14(23)5-6-18(16)24-19/h2-7,9,11,24H,8,10,12-13H2,1H3. The van der Waals surface area contributed by atoms with Crippen molar-refractivity contribution in [3.63, 3.8) is 0 Å². The van der Waals surface area contributed by atoms with Crippen LogP contribution < -0.4 is 4.74 Å². The van der Waals surface area contributed by atoms with Crippen molar-refractivity contribution in [2.24, 2.45) is 0 Å². The summed E-state index contributed by atoms with van der Waals surface area (Å²) in [5.41, 5.74) is 4.46. The number of hydrogen-bond donors (Lipinski definition) is 1. The van der Waals surface area contributed by atoms with Gasteiger partial charge in [-0.3, -0.25) is 4.79 Å². The van der Waals surface area contributed by atoms with Gasteiger partial charge in [-0.15, -0.1) is 0 Å². The van der Waals surface area contributed by atoms with Crippen LogP contribution in [0.2, 0.25) is 5.02 Å². The SMILES string of the molecule is COc1cccc2c1ccn2CC(=O)N1CCc2[nH]c3ccc(Cl)cc3c2C1. The molecule has 3 heterocycles. The number of nitrogens with one attached hydrogen (secondary N) is 1. The molecule has 5 rings (SSSR count). The minimum atomic E-state index is 0.113. The molecule has 0 fully saturated rings. The van der Waals surface area contributed by atoms with E-state index in [1.165, 1.54) is 11.3 Å². The summed E-state index contributed by atoms with van der Waals surface area (Å²) in [6.07, 6.45) is 2.78. The lowest BCUT2D eigenvalue weighted by molar-refractivity contribution is -0.132. The summed E-state index contributed by atoms with van der Waals surface area (Å²) in [5.74, 6) is 0.935. The molecule has 6 heteroatoms. The van der Waals surface area contributed by atoms with Crippen LogP contribution in [-0.4, -0.2) is 34.0 Å². The summed E-state index contributed by atoms with van der Waals surface area (Å²) in [6, 6.07) is 13.8. The number of halogens is 1. The van der Waals surface area contributed by atoms with Gasteiger partial charge in [-0.1, -0.05) is 17.7 Å². The van der Waals surface area contributed by atoms with Gasteiger partial charge in [0.05, 0.1) is 12.6 Å². The van der Waals surface area contributed by atoms with Crippen molar-refractivity contribution in [3.05, 3.63) is 64.9 Å². The Morgan fingerprint density at radius 3 is 2.96 bits per heavy atom. The Bertz CT molecular complexity index is 1210. The Balaban J connectivity index is 1.42. The fraction of sp³-hybridized carbons (Fsp3) is 0.227. The number of aromatic amines is 1. The topological polar surface area (TPSA) is 50.3 Å². The van der Waals surface area contributed by atoms with Crippen molar-refractivity contribution in [3.8, 4) is 5.75 Å². The molecule has 1 amide bonds. The number of carbonyl (C=O) groups is 1. The number of rotatable bonds is 3. The summed E-state index contributed by atoms with van der Waals surface area (Å²) < 4.78 is 7.41. The second-order valence-corrected chi connectivity index (χ2v) is 7.61. The minimum absolute atomic E-state index is 0.113. The van der Waals surface area contributed by atoms with E-state index in [1.807, 2.05) is 58.1 Å². The molecule has 0 radical (unpaired) electrons. The number of methoxy groups -OCH3 is 1. The molecular weight excluding hydrogens is 374 g/mol. The third kappa shape index (κ3) is 2.74. The van der Waals surface area contributed by atoms with Crippen molar-refractivity contribution in [2.75, 3.05) is 13.7 Å². The highest BCUT2D eigenvalue weighted by Gasteiger charge is 2.24. The predicted octanol–water partition coefficient (Wildman–Crippen LogP) is 4.37. The highest BCUT2D eigenvalue weighted by molar-refractivity contribution is 6.31. The lowest BCUT2D eigenvalue weighted by Gasteiger charge is -2.27. The minimum Gasteiger partial charge on any atom is -0.496 e. The van der Waals surface area contributed by atoms with E-state index in [0.29, 0.717) is 18.1 Å². The summed E-state index contributed by atoms with van der Waals surface area (Å²) in [7, 11) is 1.66. The zero-order valence-electron chi connectivity index (χ0n) is 15.5. The Kier molecular flexibility index (Phi) is 4.05. The van der Waals surface area contributed by atoms with Crippen LogP contribution in [0.15, 0.2) is 48.7 Å². The van der Waals surface area contributed by atoms with Crippen LogP contribution in [0, 0.1) is 0 Å². The van der Waals surface area contributed by atoms with E-state index in [-0.39, 0.29) is 5.91 Å². The average Bonchev–Trinajstić information content (AvgIpc) is 3.28. The quantitative estimate of drug-likeness (QED) is 0.562. The number of H-pyrrole nitrogens is 1. The number of benzene rings is 2. The molecule has 0 aliphatic carbocycles. The summed E-state index contributed by atoms with van der Waals surface area (Å²) in [5, 5.41) is 2.84. The fourth-order valence-electron chi connectivity index (χ4n) is 4.16. The maximum atomic E-state index is 13.0. The van der Waals surface area contributed by atoms with Crippen molar-refractivity contribution < 1.29 is 9.53 Å². The zero-order valence-corrected chi connectivity index (χ0v) is 16.3. The van der Waals surface area contributed by atoms with Crippen LogP contribution in [0.5, 0.6) is 5.75 Å². The first-order valence-electron chi connectivity index (χ1n) is 9.32. The monoisotopic (exact) mass is 393 g/mol. The Morgan fingerprint density at radius 2 is 2.11 bits per heavy atom. The van der Waals surface area contributed by atoms with Crippen LogP contribution in [-0.2, 0) is 24.3 Å². The first-order chi connectivity index (χ1) is 13.6. The fourth-order valence-corrected chi connectivity index (χ4v) is 4.33. The van der Waals surface area contributed by atoms with Gasteiger partial charge in [0.2, 0.25) is 5.91 Å². The maximum Gasteiger partial charge on any atom is 0.242 e. The lowest BCUT2D eigenvalue weighted by atomic mass is 10.0. The van der Waals surface area contributed by atoms with Crippen molar-refractivity contribution in [1.82, 2.24) is 14.5 Å². The molecule has 1 aliphatic heterocycles. The van der Waals surface area contributed by atoms with Crippen LogP contribution in [0.4, 0.5) is 0 Å². The molecule has 0 unspecified atom stereocenters. The van der Waals surface area contributed by atoms with Gasteiger partial charge >= 0.3 is 0 Å². The highest BCUT2D eigenvalue weighted by atomic mass is 35.5. The summed E-state index contributed by atoms with van der Waals surface area (Å²) in [6.45, 7) is 1.64. The Morgan fingerprint density at radius 1 is 1.21 bits per heavy atom. The molecule has 5 nitrogen and oxygen atoms in total. The third-order valence-electron chi connectivity index (χ3n) is 5.59. The molecule has 142 valence electrons. The predicted molar refractivity (Wildman–Crippen MR) is 111 cm³/mol. The van der Waals surface area contributed by atoms with Gasteiger partial charge in [-0.05, 0) is 36.4 Å². The first-order valence-corrected chi connectivity index (χ1v) is 9.70. The van der Waals surface area contributed by atoms with Gasteiger partial charge in [0.1, 0.15) is 12.3 Å². The highest BCUT2D eigenvalue weighted by Crippen LogP contribution is 2.30. The van der Waals surface area contributed by atoms with E-state index in [0.717, 1.165) is 40.5 Å². The smallest absolute Gasteiger partial charge is 0.242 e. The Hall–Kier alpha value is -2.92. The van der Waals surface area contributed by atoms with Crippen LogP contribution in [0.25, 0.3) is 21.8 Å². The number of hydrogen-bond acceptors (Lipinski definition) is 2. The van der Waals surface area contributed by atoms with Gasteiger partial charge in [-0.25, -0.2) is 0 Å². The molecule has 2 aromatic carbocycles. The van der Waals surface area contributed by atoms with E-state index in [1.54, 1.807) is 7.11 Å². The van der Waals surface area contributed by atoms with E-state index in [2.05, 4.69) is 4.98 Å². The van der Waals surface area contributed by atoms with E-state index in [9.17, 15) is 4.79 Å². The number of amides is 1. The molecule has 0 saturated heterocycles. The van der Waals surface area contributed by atoms with Crippen molar-refractivity contribution >= 4 is 39.3 Å². The molecular formula is C22H20ClN3O2. The van der Waals surface area contributed by atoms with Crippen LogP contribution in [0.1, 0.15) is 11.3 Å². The number of carbonyl (C=O) groups excluding carboxylic acids is 1. The van der Waals surface area contributed by atoms with Gasteiger partial charge < -0.3 is 19.2 Å². The molecule has 0 bridgehead atoms. The summed E-state index contributed by atoms with van der Waals surface area (Å²) >= 11 is 6.18. The largest absolute Gasteiger partial charge is 0.496 e. The molecule has 0 spiro atoms. The van der Waals surface area contributed by atoms with Crippen LogP contribution >= 0.6 is 11.6 Å². The summed E-state index contributed by atoms with van der Waals surface area (Å²) in [4.78, 5) is 18.4. The molecule has 0 atom stereocenters. The van der Waals surface area contributed by atoms with E-state index >= 15 is 0 Å². The average molecular weight is 394 g/mol. The normalized spacial score (nSPS) is 13.9. The van der Waals surface area contributed by atoms with Gasteiger partial charge in [0.25, 0.3) is 0 Å². The first kappa shape index (κ1) is 17.2. The lowest BCUT2D eigenvalue weighted by Crippen LogP contribution is -2.37. The van der Waals surface area contributed by atoms with E-state index in [4.69, 9.17) is 16.3 Å². The number of ether oxygens (including phenoxy) is 1. The third-order valence-corrected chi connectivity index (χ3v) is 5.82. The van der Waals surface area contributed by atoms with Crippen LogP contribution in [0.3, 0.4) is 0 Å². The maximum absolute atomic E-state index is 13.0. The zero-order chi connectivity index (χ0) is 19.3. The van der Waals surface area contributed by atoms with Crippen molar-refractivity contribution in [2.45, 2.75) is 19.5 Å². The Labute approximate surface area is 167 Å². The number of fused-ring (bicyclic) bond motifs is 4. The second-order valence-electron chi connectivity index (χ2n) is 7.17. The molecule has 2 aromatic heterocycles. The van der Waals surface area contributed by atoms with Crippen molar-refractivity contribution in [1.29, 1.82) is 0 Å². The molecule has 0 saturated carbocycles. The van der Waals surface area contributed by atoms with Gasteiger partial charge in [0, 0.05) is 58.3 Å².